The van der Waals surface area contributed by atoms with Crippen molar-refractivity contribution >= 4 is 29.8 Å². The van der Waals surface area contributed by atoms with E-state index in [2.05, 4.69) is 21.6 Å². The third kappa shape index (κ3) is 11.5. The minimum Gasteiger partial charge on any atom is -0.469 e. The molecule has 0 N–H and O–H groups in total. The summed E-state index contributed by atoms with van der Waals surface area (Å²) in [4.78, 5) is 60.0. The summed E-state index contributed by atoms with van der Waals surface area (Å²) < 4.78 is 26.1. The van der Waals surface area contributed by atoms with E-state index in [1.165, 1.54) is 26.4 Å². The highest BCUT2D eigenvalue weighted by Gasteiger charge is 2.40. The summed E-state index contributed by atoms with van der Waals surface area (Å²) in [5.74, 6) is -2.48. The molecule has 1 fully saturated rings. The number of hydrogen-bond donors (Lipinski definition) is 0. The van der Waals surface area contributed by atoms with Gasteiger partial charge in [-0.05, 0) is 63.9 Å². The van der Waals surface area contributed by atoms with Crippen LogP contribution >= 0.6 is 0 Å². The van der Waals surface area contributed by atoms with E-state index in [4.69, 9.17) is 14.2 Å². The number of fused-ring (bicyclic) bond motifs is 1. The predicted octanol–water partition coefficient (Wildman–Crippen LogP) is 3.75. The van der Waals surface area contributed by atoms with Gasteiger partial charge < -0.3 is 23.7 Å². The van der Waals surface area contributed by atoms with Crippen LogP contribution in [-0.2, 0) is 47.7 Å². The van der Waals surface area contributed by atoms with Crippen molar-refractivity contribution in [3.8, 4) is 0 Å². The summed E-state index contributed by atoms with van der Waals surface area (Å²) in [7, 11) is 2.58. The van der Waals surface area contributed by atoms with Gasteiger partial charge in [0.25, 0.3) is 0 Å². The molecule has 10 heteroatoms. The van der Waals surface area contributed by atoms with E-state index < -0.39 is 36.1 Å². The van der Waals surface area contributed by atoms with E-state index in [0.717, 1.165) is 19.3 Å². The molecule has 0 aromatic rings. The lowest BCUT2D eigenvalue weighted by atomic mass is 9.89. The molecule has 1 aliphatic heterocycles. The number of methoxy groups -OCH3 is 2. The molecule has 5 atom stereocenters. The molecule has 0 spiro atoms. The molecule has 0 unspecified atom stereocenters. The van der Waals surface area contributed by atoms with Gasteiger partial charge in [0, 0.05) is 37.7 Å². The molecule has 0 bridgehead atoms. The standard InChI is InChI=1S/C28H40O10/c1-19-9-5-4-6-10-20-17-21(37-26(31)13-7-11-24(29)34-2)18-22(20)23(15-16-28(33)36-19)38-27(32)14-8-12-25(30)35-3/h6,10,15-16,19-23H,4-5,7-9,11-14,17-18H2,1-3H3/b10-6+,16-15+/t19-,20+,21-,22+,23+/m0/s1. The van der Waals surface area contributed by atoms with Crippen LogP contribution in [-0.4, -0.2) is 62.4 Å². The largest absolute Gasteiger partial charge is 0.469 e. The Morgan fingerprint density at radius 3 is 2.11 bits per heavy atom. The first-order valence-electron chi connectivity index (χ1n) is 13.3. The maximum Gasteiger partial charge on any atom is 0.330 e. The Kier molecular flexibility index (Phi) is 13.6. The molecule has 2 aliphatic rings. The van der Waals surface area contributed by atoms with Gasteiger partial charge in [-0.1, -0.05) is 12.2 Å². The second-order valence-corrected chi connectivity index (χ2v) is 9.69. The van der Waals surface area contributed by atoms with Gasteiger partial charge in [0.2, 0.25) is 0 Å². The first-order valence-corrected chi connectivity index (χ1v) is 13.3. The van der Waals surface area contributed by atoms with Crippen molar-refractivity contribution in [2.24, 2.45) is 11.8 Å². The third-order valence-corrected chi connectivity index (χ3v) is 6.69. The topological polar surface area (TPSA) is 132 Å². The van der Waals surface area contributed by atoms with Crippen molar-refractivity contribution in [1.82, 2.24) is 0 Å². The van der Waals surface area contributed by atoms with Crippen molar-refractivity contribution in [3.63, 3.8) is 0 Å². The smallest absolute Gasteiger partial charge is 0.330 e. The quantitative estimate of drug-likeness (QED) is 0.231. The van der Waals surface area contributed by atoms with Crippen LogP contribution in [0.3, 0.4) is 0 Å². The van der Waals surface area contributed by atoms with E-state index >= 15 is 0 Å². The van der Waals surface area contributed by atoms with Crippen molar-refractivity contribution in [2.75, 3.05) is 14.2 Å². The van der Waals surface area contributed by atoms with E-state index in [1.807, 2.05) is 6.92 Å². The van der Waals surface area contributed by atoms with E-state index in [9.17, 15) is 24.0 Å². The van der Waals surface area contributed by atoms with Crippen molar-refractivity contribution < 1.29 is 47.7 Å². The fourth-order valence-electron chi connectivity index (χ4n) is 4.70. The van der Waals surface area contributed by atoms with Crippen LogP contribution in [0.1, 0.15) is 77.6 Å². The van der Waals surface area contributed by atoms with Gasteiger partial charge in [-0.3, -0.25) is 19.2 Å². The van der Waals surface area contributed by atoms with Gasteiger partial charge in [-0.2, -0.15) is 0 Å². The Balaban J connectivity index is 2.13. The van der Waals surface area contributed by atoms with Crippen LogP contribution in [0.4, 0.5) is 0 Å². The lowest BCUT2D eigenvalue weighted by Gasteiger charge is -2.25. The summed E-state index contributed by atoms with van der Waals surface area (Å²) in [6.45, 7) is 1.84. The zero-order valence-corrected chi connectivity index (χ0v) is 22.6. The predicted molar refractivity (Wildman–Crippen MR) is 135 cm³/mol. The number of esters is 5. The Bertz CT molecular complexity index is 877. The normalized spacial score (nSPS) is 27.2. The molecule has 38 heavy (non-hydrogen) atoms. The molecule has 2 rings (SSSR count). The summed E-state index contributed by atoms with van der Waals surface area (Å²) in [6, 6.07) is 0. The second-order valence-electron chi connectivity index (χ2n) is 9.69. The van der Waals surface area contributed by atoms with Crippen LogP contribution in [0.5, 0.6) is 0 Å². The minimum absolute atomic E-state index is 0.0206. The van der Waals surface area contributed by atoms with Crippen molar-refractivity contribution in [3.05, 3.63) is 24.3 Å². The van der Waals surface area contributed by atoms with Gasteiger partial charge in [0.15, 0.2) is 0 Å². The zero-order valence-electron chi connectivity index (χ0n) is 22.6. The monoisotopic (exact) mass is 536 g/mol. The number of hydrogen-bond acceptors (Lipinski definition) is 10. The molecule has 0 amide bonds. The van der Waals surface area contributed by atoms with Crippen LogP contribution in [0.2, 0.25) is 0 Å². The number of carbonyl (C=O) groups is 5. The molecule has 0 aromatic heterocycles. The highest BCUT2D eigenvalue weighted by Crippen LogP contribution is 2.39. The molecular weight excluding hydrogens is 496 g/mol. The Labute approximate surface area is 224 Å². The highest BCUT2D eigenvalue weighted by atomic mass is 16.6. The van der Waals surface area contributed by atoms with Gasteiger partial charge in [0.05, 0.1) is 20.3 Å². The molecule has 1 aliphatic carbocycles. The number of ether oxygens (including phenoxy) is 5. The van der Waals surface area contributed by atoms with Gasteiger partial charge in [0.1, 0.15) is 12.2 Å². The van der Waals surface area contributed by atoms with E-state index in [1.54, 1.807) is 0 Å². The molecule has 10 nitrogen and oxygen atoms in total. The van der Waals surface area contributed by atoms with Gasteiger partial charge in [-0.25, -0.2) is 4.79 Å². The zero-order chi connectivity index (χ0) is 27.9. The van der Waals surface area contributed by atoms with Crippen LogP contribution in [0.15, 0.2) is 24.3 Å². The summed E-state index contributed by atoms with van der Waals surface area (Å²) in [6.07, 6.45) is 9.92. The number of carbonyl (C=O) groups excluding carboxylic acids is 5. The number of allylic oxidation sites excluding steroid dienone is 2. The Morgan fingerprint density at radius 1 is 0.868 bits per heavy atom. The van der Waals surface area contributed by atoms with Crippen molar-refractivity contribution in [1.29, 1.82) is 0 Å². The Morgan fingerprint density at radius 2 is 1.47 bits per heavy atom. The molecule has 212 valence electrons. The summed E-state index contributed by atoms with van der Waals surface area (Å²) in [5.41, 5.74) is 0. The molecule has 1 saturated carbocycles. The number of cyclic esters (lactones) is 1. The van der Waals surface area contributed by atoms with Gasteiger partial charge >= 0.3 is 29.8 Å². The third-order valence-electron chi connectivity index (χ3n) is 6.69. The summed E-state index contributed by atoms with van der Waals surface area (Å²) in [5, 5.41) is 0. The molecule has 0 aromatic carbocycles. The van der Waals surface area contributed by atoms with E-state index in [-0.39, 0.29) is 56.0 Å². The Hall–Kier alpha value is -3.17. The second kappa shape index (κ2) is 16.6. The summed E-state index contributed by atoms with van der Waals surface area (Å²) >= 11 is 0. The van der Waals surface area contributed by atoms with Crippen LogP contribution in [0, 0.1) is 11.8 Å². The fourth-order valence-corrected chi connectivity index (χ4v) is 4.70. The van der Waals surface area contributed by atoms with E-state index in [0.29, 0.717) is 19.3 Å². The highest BCUT2D eigenvalue weighted by molar-refractivity contribution is 5.82. The lowest BCUT2D eigenvalue weighted by Crippen LogP contribution is -2.28. The first-order chi connectivity index (χ1) is 18.2. The molecule has 1 heterocycles. The first kappa shape index (κ1) is 31.1. The average molecular weight is 537 g/mol. The lowest BCUT2D eigenvalue weighted by molar-refractivity contribution is -0.152. The van der Waals surface area contributed by atoms with Crippen LogP contribution in [0.25, 0.3) is 0 Å². The van der Waals surface area contributed by atoms with Crippen molar-refractivity contribution in [2.45, 2.75) is 95.9 Å². The van der Waals surface area contributed by atoms with Gasteiger partial charge in [-0.15, -0.1) is 0 Å². The maximum absolute atomic E-state index is 12.6. The molecule has 0 saturated heterocycles. The van der Waals surface area contributed by atoms with Crippen LogP contribution < -0.4 is 0 Å². The minimum atomic E-state index is -0.748. The molecular formula is C28H40O10. The fraction of sp³-hybridized carbons (Fsp3) is 0.679. The maximum atomic E-state index is 12.6. The SMILES string of the molecule is COC(=O)CCCC(=O)O[C@@H]1C[C@@H]2[C@H](/C=C/CCC[C@H](C)OC(=O)/C=C/[C@H]2OC(=O)CCCC(=O)OC)C1. The molecule has 0 radical (unpaired) electrons. The number of rotatable bonds is 10. The average Bonchev–Trinajstić information content (AvgIpc) is 3.27.